The van der Waals surface area contributed by atoms with Gasteiger partial charge in [0.05, 0.1) is 23.8 Å². The summed E-state index contributed by atoms with van der Waals surface area (Å²) >= 11 is 0. The van der Waals surface area contributed by atoms with E-state index in [1.807, 2.05) is 45.0 Å². The number of benzene rings is 1. The molecule has 0 fully saturated rings. The average Bonchev–Trinajstić information content (AvgIpc) is 2.99. The van der Waals surface area contributed by atoms with E-state index in [0.29, 0.717) is 31.4 Å². The Morgan fingerprint density at radius 2 is 2.25 bits per heavy atom. The summed E-state index contributed by atoms with van der Waals surface area (Å²) in [6.45, 7) is 7.35. The summed E-state index contributed by atoms with van der Waals surface area (Å²) in [5.74, 6) is 0.924. The second-order valence-corrected chi connectivity index (χ2v) is 5.93. The Morgan fingerprint density at radius 1 is 1.46 bits per heavy atom. The lowest BCUT2D eigenvalue weighted by molar-refractivity contribution is -0.119. The molecule has 1 aromatic heterocycles. The second kappa shape index (κ2) is 7.00. The molecule has 7 nitrogen and oxygen atoms in total. The molecule has 0 bridgehead atoms. The van der Waals surface area contributed by atoms with Gasteiger partial charge >= 0.3 is 0 Å². The lowest BCUT2D eigenvalue weighted by Gasteiger charge is -2.23. The second-order valence-electron chi connectivity index (χ2n) is 5.93. The largest absolute Gasteiger partial charge is 0.371 e. The van der Waals surface area contributed by atoms with Gasteiger partial charge in [0.25, 0.3) is 0 Å². The van der Waals surface area contributed by atoms with Crippen molar-refractivity contribution in [2.24, 2.45) is 5.92 Å². The first-order valence-corrected chi connectivity index (χ1v) is 8.17. The molecule has 24 heavy (non-hydrogen) atoms. The molecule has 7 heteroatoms. The van der Waals surface area contributed by atoms with E-state index in [9.17, 15) is 4.79 Å². The lowest BCUT2D eigenvalue weighted by atomic mass is 10.1. The minimum atomic E-state index is -0.203. The maximum Gasteiger partial charge on any atom is 0.246 e. The molecule has 0 unspecified atom stereocenters. The van der Waals surface area contributed by atoms with Gasteiger partial charge in [0.2, 0.25) is 11.8 Å². The van der Waals surface area contributed by atoms with E-state index < -0.39 is 0 Å². The van der Waals surface area contributed by atoms with E-state index in [2.05, 4.69) is 20.4 Å². The summed E-state index contributed by atoms with van der Waals surface area (Å²) in [6, 6.07) is 7.73. The van der Waals surface area contributed by atoms with Crippen molar-refractivity contribution in [2.45, 2.75) is 33.4 Å². The molecule has 2 aromatic rings. The topological polar surface area (TPSA) is 80.5 Å². The fraction of sp³-hybridized carbons (Fsp3) is 0.471. The molecular weight excluding hydrogens is 308 g/mol. The van der Waals surface area contributed by atoms with Crippen molar-refractivity contribution in [1.82, 2.24) is 10.1 Å². The van der Waals surface area contributed by atoms with Gasteiger partial charge in [0.15, 0.2) is 5.82 Å². The zero-order valence-electron chi connectivity index (χ0n) is 14.2. The van der Waals surface area contributed by atoms with E-state index in [4.69, 9.17) is 9.26 Å². The van der Waals surface area contributed by atoms with Crippen LogP contribution in [0.25, 0.3) is 0 Å². The molecule has 3 rings (SSSR count). The van der Waals surface area contributed by atoms with Gasteiger partial charge in [-0.2, -0.15) is 4.98 Å². The summed E-state index contributed by atoms with van der Waals surface area (Å²) in [6.07, 6.45) is -0.203. The Bertz CT molecular complexity index is 715. The Balaban J connectivity index is 1.82. The van der Waals surface area contributed by atoms with Crippen LogP contribution >= 0.6 is 0 Å². The number of fused-ring (bicyclic) bond motifs is 1. The molecular formula is C17H22N4O3. The van der Waals surface area contributed by atoms with E-state index in [1.54, 1.807) is 0 Å². The highest BCUT2D eigenvalue weighted by Crippen LogP contribution is 2.30. The fourth-order valence-electron chi connectivity index (χ4n) is 2.76. The molecule has 0 spiro atoms. The van der Waals surface area contributed by atoms with Crippen LogP contribution in [-0.4, -0.2) is 29.2 Å². The van der Waals surface area contributed by atoms with Crippen LogP contribution in [0.2, 0.25) is 0 Å². The first-order chi connectivity index (χ1) is 11.6. The zero-order valence-corrected chi connectivity index (χ0v) is 14.2. The van der Waals surface area contributed by atoms with Gasteiger partial charge in [-0.15, -0.1) is 0 Å². The molecule has 0 aliphatic carbocycles. The minimum Gasteiger partial charge on any atom is -0.371 e. The zero-order chi connectivity index (χ0) is 17.1. The fourth-order valence-corrected chi connectivity index (χ4v) is 2.76. The van der Waals surface area contributed by atoms with Crippen LogP contribution in [0.1, 0.15) is 38.6 Å². The first kappa shape index (κ1) is 16.4. The average molecular weight is 330 g/mol. The molecule has 2 heterocycles. The SMILES string of the molecule is CCO[C@H](C)c1noc(CN2C[C@H](C)C(=O)Nc3ccccc32)n1. The van der Waals surface area contributed by atoms with Crippen molar-refractivity contribution < 1.29 is 14.1 Å². The monoisotopic (exact) mass is 330 g/mol. The van der Waals surface area contributed by atoms with Gasteiger partial charge in [0, 0.05) is 13.2 Å². The Kier molecular flexibility index (Phi) is 4.80. The number of ether oxygens (including phenoxy) is 1. The third kappa shape index (κ3) is 3.41. The predicted molar refractivity (Wildman–Crippen MR) is 89.6 cm³/mol. The summed E-state index contributed by atoms with van der Waals surface area (Å²) in [4.78, 5) is 18.6. The Labute approximate surface area is 141 Å². The third-order valence-electron chi connectivity index (χ3n) is 4.03. The maximum atomic E-state index is 12.1. The molecule has 1 amide bonds. The highest BCUT2D eigenvalue weighted by Gasteiger charge is 2.26. The smallest absolute Gasteiger partial charge is 0.246 e. The van der Waals surface area contributed by atoms with Gasteiger partial charge in [-0.1, -0.05) is 24.2 Å². The van der Waals surface area contributed by atoms with Gasteiger partial charge in [-0.25, -0.2) is 0 Å². The number of carbonyl (C=O) groups excluding carboxylic acids is 1. The number of hydrogen-bond donors (Lipinski definition) is 1. The third-order valence-corrected chi connectivity index (χ3v) is 4.03. The van der Waals surface area contributed by atoms with Gasteiger partial charge in [-0.3, -0.25) is 4.79 Å². The lowest BCUT2D eigenvalue weighted by Crippen LogP contribution is -2.30. The molecule has 128 valence electrons. The standard InChI is InChI=1S/C17H22N4O3/c1-4-23-12(3)16-19-15(24-20-16)10-21-9-11(2)17(22)18-13-7-5-6-8-14(13)21/h5-8,11-12H,4,9-10H2,1-3H3,(H,18,22)/t11-,12+/m0/s1. The molecule has 1 aliphatic rings. The van der Waals surface area contributed by atoms with Crippen LogP contribution in [0, 0.1) is 5.92 Å². The number of carbonyl (C=O) groups is 1. The van der Waals surface area contributed by atoms with Gasteiger partial charge in [0.1, 0.15) is 6.10 Å². The number of aromatic nitrogens is 2. The van der Waals surface area contributed by atoms with Gasteiger partial charge in [-0.05, 0) is 26.0 Å². The highest BCUT2D eigenvalue weighted by molar-refractivity contribution is 5.97. The van der Waals surface area contributed by atoms with E-state index >= 15 is 0 Å². The van der Waals surface area contributed by atoms with Crippen LogP contribution in [-0.2, 0) is 16.1 Å². The minimum absolute atomic E-state index is 0.0149. The van der Waals surface area contributed by atoms with Gasteiger partial charge < -0.3 is 19.5 Å². The summed E-state index contributed by atoms with van der Waals surface area (Å²) in [5.41, 5.74) is 1.75. The summed E-state index contributed by atoms with van der Waals surface area (Å²) < 4.78 is 10.8. The van der Waals surface area contributed by atoms with Crippen LogP contribution in [0.5, 0.6) is 0 Å². The number of rotatable bonds is 5. The number of anilines is 2. The van der Waals surface area contributed by atoms with Crippen LogP contribution in [0.4, 0.5) is 11.4 Å². The van der Waals surface area contributed by atoms with Crippen molar-refractivity contribution >= 4 is 17.3 Å². The van der Waals surface area contributed by atoms with Crippen molar-refractivity contribution in [1.29, 1.82) is 0 Å². The normalized spacial score (nSPS) is 18.7. The van der Waals surface area contributed by atoms with E-state index in [-0.39, 0.29) is 17.9 Å². The molecule has 2 atom stereocenters. The van der Waals surface area contributed by atoms with Crippen molar-refractivity contribution in [3.63, 3.8) is 0 Å². The molecule has 1 N–H and O–H groups in total. The number of amides is 1. The summed E-state index contributed by atoms with van der Waals surface area (Å²) in [7, 11) is 0. The predicted octanol–water partition coefficient (Wildman–Crippen LogP) is 2.76. The van der Waals surface area contributed by atoms with Crippen molar-refractivity contribution in [3.8, 4) is 0 Å². The van der Waals surface area contributed by atoms with Crippen molar-refractivity contribution in [3.05, 3.63) is 36.0 Å². The Morgan fingerprint density at radius 3 is 3.04 bits per heavy atom. The Hall–Kier alpha value is -2.41. The first-order valence-electron chi connectivity index (χ1n) is 8.17. The number of hydrogen-bond acceptors (Lipinski definition) is 6. The van der Waals surface area contributed by atoms with E-state index in [0.717, 1.165) is 11.4 Å². The number of nitrogens with zero attached hydrogens (tertiary/aromatic N) is 3. The maximum absolute atomic E-state index is 12.1. The highest BCUT2D eigenvalue weighted by atomic mass is 16.5. The molecule has 1 aromatic carbocycles. The van der Waals surface area contributed by atoms with E-state index in [1.165, 1.54) is 0 Å². The van der Waals surface area contributed by atoms with Crippen molar-refractivity contribution in [2.75, 3.05) is 23.4 Å². The molecule has 1 aliphatic heterocycles. The van der Waals surface area contributed by atoms with Crippen LogP contribution in [0.15, 0.2) is 28.8 Å². The number of para-hydroxylation sites is 2. The molecule has 0 radical (unpaired) electrons. The number of nitrogens with one attached hydrogen (secondary N) is 1. The molecule has 0 saturated heterocycles. The van der Waals surface area contributed by atoms with Crippen LogP contribution < -0.4 is 10.2 Å². The quantitative estimate of drug-likeness (QED) is 0.908. The molecule has 0 saturated carbocycles. The summed E-state index contributed by atoms with van der Waals surface area (Å²) in [5, 5.41) is 6.95. The van der Waals surface area contributed by atoms with Crippen LogP contribution in [0.3, 0.4) is 0 Å².